The highest BCUT2D eigenvalue weighted by molar-refractivity contribution is 9.10. The SMILES string of the molecule is CC(Nc1ccccc1Br)(C(=O)O)c1ccc(F)cn1. The number of benzene rings is 1. The first-order chi connectivity index (χ1) is 9.43. The summed E-state index contributed by atoms with van der Waals surface area (Å²) in [6, 6.07) is 9.69. The normalized spacial score (nSPS) is 13.6. The Labute approximate surface area is 123 Å². The van der Waals surface area contributed by atoms with E-state index in [4.69, 9.17) is 0 Å². The van der Waals surface area contributed by atoms with Crippen molar-refractivity contribution in [1.82, 2.24) is 4.98 Å². The van der Waals surface area contributed by atoms with Crippen LogP contribution in [0.3, 0.4) is 0 Å². The molecule has 6 heteroatoms. The van der Waals surface area contributed by atoms with Gasteiger partial charge in [-0.3, -0.25) is 4.98 Å². The van der Waals surface area contributed by atoms with Crippen LogP contribution in [0.4, 0.5) is 10.1 Å². The predicted molar refractivity (Wildman–Crippen MR) is 76.9 cm³/mol. The van der Waals surface area contributed by atoms with Crippen LogP contribution >= 0.6 is 15.9 Å². The van der Waals surface area contributed by atoms with E-state index in [1.807, 2.05) is 6.07 Å². The molecule has 2 N–H and O–H groups in total. The van der Waals surface area contributed by atoms with Gasteiger partial charge in [0, 0.05) is 10.2 Å². The van der Waals surface area contributed by atoms with Gasteiger partial charge >= 0.3 is 5.97 Å². The summed E-state index contributed by atoms with van der Waals surface area (Å²) in [6.45, 7) is 1.48. The van der Waals surface area contributed by atoms with Gasteiger partial charge in [-0.05, 0) is 47.1 Å². The van der Waals surface area contributed by atoms with Crippen molar-refractivity contribution in [3.05, 3.63) is 58.6 Å². The molecule has 0 radical (unpaired) electrons. The maximum absolute atomic E-state index is 12.9. The lowest BCUT2D eigenvalue weighted by atomic mass is 9.96. The van der Waals surface area contributed by atoms with Gasteiger partial charge in [0.25, 0.3) is 0 Å². The van der Waals surface area contributed by atoms with E-state index >= 15 is 0 Å². The first kappa shape index (κ1) is 14.5. The smallest absolute Gasteiger partial charge is 0.335 e. The average Bonchev–Trinajstić information content (AvgIpc) is 2.42. The third-order valence-electron chi connectivity index (χ3n) is 2.93. The molecular weight excluding hydrogens is 327 g/mol. The fourth-order valence-corrected chi connectivity index (χ4v) is 2.11. The van der Waals surface area contributed by atoms with Gasteiger partial charge < -0.3 is 10.4 Å². The van der Waals surface area contributed by atoms with Crippen molar-refractivity contribution < 1.29 is 14.3 Å². The summed E-state index contributed by atoms with van der Waals surface area (Å²) < 4.78 is 13.7. The Morgan fingerprint density at radius 1 is 1.35 bits per heavy atom. The number of nitrogens with one attached hydrogen (secondary N) is 1. The molecule has 1 aromatic carbocycles. The molecule has 0 saturated heterocycles. The van der Waals surface area contributed by atoms with Crippen LogP contribution < -0.4 is 5.32 Å². The van der Waals surface area contributed by atoms with Crippen LogP contribution in [-0.4, -0.2) is 16.1 Å². The van der Waals surface area contributed by atoms with Crippen molar-refractivity contribution in [2.45, 2.75) is 12.5 Å². The lowest BCUT2D eigenvalue weighted by molar-refractivity contribution is -0.142. The molecule has 0 aliphatic heterocycles. The maximum Gasteiger partial charge on any atom is 0.335 e. The number of hydrogen-bond acceptors (Lipinski definition) is 3. The Bertz CT molecular complexity index is 633. The maximum atomic E-state index is 12.9. The Morgan fingerprint density at radius 3 is 2.60 bits per heavy atom. The summed E-state index contributed by atoms with van der Waals surface area (Å²) in [5.41, 5.74) is -0.622. The molecule has 0 amide bonds. The zero-order chi connectivity index (χ0) is 14.8. The van der Waals surface area contributed by atoms with Gasteiger partial charge in [-0.2, -0.15) is 0 Å². The van der Waals surface area contributed by atoms with Gasteiger partial charge in [0.05, 0.1) is 11.9 Å². The van der Waals surface area contributed by atoms with Crippen LogP contribution in [0.25, 0.3) is 0 Å². The van der Waals surface area contributed by atoms with E-state index < -0.39 is 17.3 Å². The fourth-order valence-electron chi connectivity index (χ4n) is 1.73. The van der Waals surface area contributed by atoms with E-state index in [1.165, 1.54) is 19.1 Å². The van der Waals surface area contributed by atoms with E-state index in [9.17, 15) is 14.3 Å². The molecule has 2 aromatic rings. The topological polar surface area (TPSA) is 62.2 Å². The number of halogens is 2. The number of aliphatic carboxylic acids is 1. The molecule has 20 heavy (non-hydrogen) atoms. The summed E-state index contributed by atoms with van der Waals surface area (Å²) in [6.07, 6.45) is 0.998. The molecule has 104 valence electrons. The minimum absolute atomic E-state index is 0.224. The van der Waals surface area contributed by atoms with Crippen LogP contribution in [-0.2, 0) is 10.3 Å². The first-order valence-corrected chi connectivity index (χ1v) is 6.61. The van der Waals surface area contributed by atoms with Gasteiger partial charge in [-0.1, -0.05) is 12.1 Å². The average molecular weight is 339 g/mol. The van der Waals surface area contributed by atoms with E-state index in [2.05, 4.69) is 26.2 Å². The number of nitrogens with zero attached hydrogens (tertiary/aromatic N) is 1. The standard InChI is InChI=1S/C14H12BrFN2O2/c1-14(13(19)20,12-7-6-9(16)8-17-12)18-11-5-3-2-4-10(11)15/h2-8,18H,1H3,(H,19,20). The van der Waals surface area contributed by atoms with Crippen molar-refractivity contribution in [2.75, 3.05) is 5.32 Å². The molecule has 4 nitrogen and oxygen atoms in total. The second-order valence-electron chi connectivity index (χ2n) is 4.40. The summed E-state index contributed by atoms with van der Waals surface area (Å²) in [5.74, 6) is -1.62. The number of aromatic nitrogens is 1. The summed E-state index contributed by atoms with van der Waals surface area (Å²) in [4.78, 5) is 15.5. The molecule has 1 unspecified atom stereocenters. The number of carbonyl (C=O) groups is 1. The van der Waals surface area contributed by atoms with Crippen LogP contribution in [0, 0.1) is 5.82 Å². The molecule has 1 heterocycles. The highest BCUT2D eigenvalue weighted by Crippen LogP contribution is 2.29. The molecule has 1 atom stereocenters. The monoisotopic (exact) mass is 338 g/mol. The largest absolute Gasteiger partial charge is 0.479 e. The zero-order valence-corrected chi connectivity index (χ0v) is 12.2. The van der Waals surface area contributed by atoms with Gasteiger partial charge in [-0.15, -0.1) is 0 Å². The van der Waals surface area contributed by atoms with Crippen molar-refractivity contribution >= 4 is 27.6 Å². The van der Waals surface area contributed by atoms with Crippen LogP contribution in [0.5, 0.6) is 0 Å². The second kappa shape index (κ2) is 5.58. The molecular formula is C14H12BrFN2O2. The lowest BCUT2D eigenvalue weighted by Crippen LogP contribution is -2.41. The van der Waals surface area contributed by atoms with E-state index in [-0.39, 0.29) is 5.69 Å². The third-order valence-corrected chi connectivity index (χ3v) is 3.62. The number of para-hydroxylation sites is 1. The molecule has 0 aliphatic carbocycles. The molecule has 0 saturated carbocycles. The van der Waals surface area contributed by atoms with Gasteiger partial charge in [0.15, 0.2) is 5.54 Å². The van der Waals surface area contributed by atoms with Crippen molar-refractivity contribution in [3.63, 3.8) is 0 Å². The van der Waals surface area contributed by atoms with E-state index in [0.717, 1.165) is 10.7 Å². The van der Waals surface area contributed by atoms with Gasteiger partial charge in [0.1, 0.15) is 5.82 Å². The fraction of sp³-hybridized carbons (Fsp3) is 0.143. The van der Waals surface area contributed by atoms with Crippen LogP contribution in [0.2, 0.25) is 0 Å². The van der Waals surface area contributed by atoms with E-state index in [0.29, 0.717) is 5.69 Å². The zero-order valence-electron chi connectivity index (χ0n) is 10.6. The first-order valence-electron chi connectivity index (χ1n) is 5.81. The number of rotatable bonds is 4. The summed E-state index contributed by atoms with van der Waals surface area (Å²) in [7, 11) is 0. The summed E-state index contributed by atoms with van der Waals surface area (Å²) >= 11 is 3.35. The van der Waals surface area contributed by atoms with Gasteiger partial charge in [0.2, 0.25) is 0 Å². The Kier molecular flexibility index (Phi) is 4.04. The molecule has 0 aliphatic rings. The summed E-state index contributed by atoms with van der Waals surface area (Å²) in [5, 5.41) is 12.4. The molecule has 0 spiro atoms. The highest BCUT2D eigenvalue weighted by Gasteiger charge is 2.37. The Balaban J connectivity index is 2.43. The third kappa shape index (κ3) is 2.80. The van der Waals surface area contributed by atoms with Crippen molar-refractivity contribution in [3.8, 4) is 0 Å². The number of carboxylic acids is 1. The number of carboxylic acid groups (broad SMARTS) is 1. The van der Waals surface area contributed by atoms with Gasteiger partial charge in [-0.25, -0.2) is 9.18 Å². The van der Waals surface area contributed by atoms with Crippen LogP contribution in [0.15, 0.2) is 47.1 Å². The number of anilines is 1. The number of pyridine rings is 1. The lowest BCUT2D eigenvalue weighted by Gasteiger charge is -2.27. The minimum Gasteiger partial charge on any atom is -0.479 e. The molecule has 0 bridgehead atoms. The Hall–Kier alpha value is -1.95. The predicted octanol–water partition coefficient (Wildman–Crippen LogP) is 3.40. The Morgan fingerprint density at radius 2 is 2.05 bits per heavy atom. The highest BCUT2D eigenvalue weighted by atomic mass is 79.9. The number of hydrogen-bond donors (Lipinski definition) is 2. The van der Waals surface area contributed by atoms with E-state index in [1.54, 1.807) is 18.2 Å². The minimum atomic E-state index is -1.46. The molecule has 0 fully saturated rings. The molecule has 1 aromatic heterocycles. The van der Waals surface area contributed by atoms with Crippen molar-refractivity contribution in [1.29, 1.82) is 0 Å². The van der Waals surface area contributed by atoms with Crippen molar-refractivity contribution in [2.24, 2.45) is 0 Å². The second-order valence-corrected chi connectivity index (χ2v) is 5.25. The van der Waals surface area contributed by atoms with Crippen LogP contribution in [0.1, 0.15) is 12.6 Å². The quantitative estimate of drug-likeness (QED) is 0.896. The molecule has 2 rings (SSSR count).